The molecule has 11 heteroatoms. The van der Waals surface area contributed by atoms with Crippen molar-refractivity contribution in [3.05, 3.63) is 63.7 Å². The van der Waals surface area contributed by atoms with Crippen LogP contribution in [0.15, 0.2) is 47.6 Å². The number of nitrogens with one attached hydrogen (secondary N) is 2. The van der Waals surface area contributed by atoms with Gasteiger partial charge in [0.15, 0.2) is 0 Å². The molecule has 0 bridgehead atoms. The number of methoxy groups -OCH3 is 1. The Hall–Kier alpha value is -3.99. The summed E-state index contributed by atoms with van der Waals surface area (Å²) in [7, 11) is 1.46. The smallest absolute Gasteiger partial charge is 0.332 e. The van der Waals surface area contributed by atoms with Crippen LogP contribution in [0.4, 0.5) is 16.2 Å². The van der Waals surface area contributed by atoms with Crippen LogP contribution >= 0.6 is 0 Å². The number of rotatable bonds is 5. The van der Waals surface area contributed by atoms with E-state index in [-0.39, 0.29) is 28.2 Å². The van der Waals surface area contributed by atoms with Gasteiger partial charge in [0.2, 0.25) is 5.60 Å². The van der Waals surface area contributed by atoms with Gasteiger partial charge in [-0.05, 0) is 30.3 Å². The van der Waals surface area contributed by atoms with Crippen molar-refractivity contribution in [1.29, 1.82) is 0 Å². The fraction of sp³-hybridized carbons (Fsp3) is 0.118. The van der Waals surface area contributed by atoms with Gasteiger partial charge in [-0.1, -0.05) is 0 Å². The predicted octanol–water partition coefficient (Wildman–Crippen LogP) is 0.816. The van der Waals surface area contributed by atoms with E-state index in [0.717, 1.165) is 6.07 Å². The van der Waals surface area contributed by atoms with E-state index in [1.165, 1.54) is 31.4 Å². The maximum atomic E-state index is 12.6. The molecule has 1 aliphatic heterocycles. The number of nitrogens with two attached hydrogens (primary N) is 1. The lowest BCUT2D eigenvalue weighted by molar-refractivity contribution is -0.385. The number of aliphatic hydroxyl groups is 1. The summed E-state index contributed by atoms with van der Waals surface area (Å²) in [4.78, 5) is 34.2. The first-order chi connectivity index (χ1) is 13.3. The number of urea groups is 1. The van der Waals surface area contributed by atoms with E-state index < -0.39 is 22.5 Å². The minimum atomic E-state index is -2.40. The molecule has 0 fully saturated rings. The third-order valence-corrected chi connectivity index (χ3v) is 4.16. The van der Waals surface area contributed by atoms with Gasteiger partial charge in [0.05, 0.1) is 12.0 Å². The highest BCUT2D eigenvalue weighted by molar-refractivity contribution is 6.26. The molecular formula is C17H15N5O6. The van der Waals surface area contributed by atoms with E-state index in [4.69, 9.17) is 10.5 Å². The van der Waals surface area contributed by atoms with E-state index in [1.54, 1.807) is 12.1 Å². The number of primary amides is 1. The highest BCUT2D eigenvalue weighted by Crippen LogP contribution is 2.40. The van der Waals surface area contributed by atoms with E-state index in [9.17, 15) is 24.8 Å². The third kappa shape index (κ3) is 3.10. The zero-order valence-corrected chi connectivity index (χ0v) is 14.5. The second-order valence-corrected chi connectivity index (χ2v) is 5.82. The van der Waals surface area contributed by atoms with Crippen LogP contribution in [0, 0.1) is 10.1 Å². The normalized spacial score (nSPS) is 18.2. The second-order valence-electron chi connectivity index (χ2n) is 5.82. The van der Waals surface area contributed by atoms with Gasteiger partial charge in [-0.25, -0.2) is 10.2 Å². The summed E-state index contributed by atoms with van der Waals surface area (Å²) in [5, 5.41) is 28.7. The molecule has 0 spiro atoms. The molecule has 3 amide bonds. The van der Waals surface area contributed by atoms with Crippen LogP contribution in [0.25, 0.3) is 0 Å². The Kier molecular flexibility index (Phi) is 4.67. The molecule has 11 nitrogen and oxygen atoms in total. The molecule has 2 aromatic carbocycles. The van der Waals surface area contributed by atoms with Crippen LogP contribution in [0.5, 0.6) is 5.75 Å². The van der Waals surface area contributed by atoms with Crippen LogP contribution in [0.2, 0.25) is 0 Å². The molecule has 0 aromatic heterocycles. The summed E-state index contributed by atoms with van der Waals surface area (Å²) in [6.07, 6.45) is 0. The Morgan fingerprint density at radius 1 is 1.32 bits per heavy atom. The van der Waals surface area contributed by atoms with Crippen molar-refractivity contribution >= 4 is 29.0 Å². The topological polar surface area (TPSA) is 169 Å². The number of hydrogen-bond acceptors (Lipinski definition) is 7. The molecule has 1 heterocycles. The summed E-state index contributed by atoms with van der Waals surface area (Å²) in [6.45, 7) is 0. The zero-order valence-electron chi connectivity index (χ0n) is 14.5. The molecule has 0 saturated heterocycles. The monoisotopic (exact) mass is 385 g/mol. The number of benzene rings is 2. The largest absolute Gasteiger partial charge is 0.497 e. The molecule has 1 aliphatic rings. The van der Waals surface area contributed by atoms with Gasteiger partial charge in [0, 0.05) is 28.9 Å². The van der Waals surface area contributed by atoms with Crippen LogP contribution in [0.3, 0.4) is 0 Å². The summed E-state index contributed by atoms with van der Waals surface area (Å²) >= 11 is 0. The standard InChI is InChI=1S/C17H15N5O6/c1-28-11-5-2-9(3-6-11)14(20-21-16(18)24)17(25)12-8-10(22(26)27)4-7-13(12)19-15(17)23/h2-8,25H,1H3,(H,19,23)(H3,18,21,24)/b20-14+/t17-/m0/s1. The molecule has 3 rings (SSSR count). The fourth-order valence-electron chi connectivity index (χ4n) is 2.84. The first-order valence-corrected chi connectivity index (χ1v) is 7.88. The van der Waals surface area contributed by atoms with Crippen LogP contribution < -0.4 is 21.2 Å². The Morgan fingerprint density at radius 2 is 2.00 bits per heavy atom. The van der Waals surface area contributed by atoms with Crippen molar-refractivity contribution in [3.8, 4) is 5.75 Å². The number of hydrogen-bond donors (Lipinski definition) is 4. The number of fused-ring (bicyclic) bond motifs is 1. The third-order valence-electron chi connectivity index (χ3n) is 4.16. The molecule has 5 N–H and O–H groups in total. The SMILES string of the molecule is COc1ccc(/C(=N\NC(N)=O)[C@]2(O)C(=O)Nc3ccc([N+](=O)[O-])cc32)cc1. The molecular weight excluding hydrogens is 370 g/mol. The molecule has 0 saturated carbocycles. The Balaban J connectivity index is 2.20. The van der Waals surface area contributed by atoms with E-state index in [1.807, 2.05) is 5.43 Å². The van der Waals surface area contributed by atoms with Crippen molar-refractivity contribution in [3.63, 3.8) is 0 Å². The number of nitrogens with zero attached hydrogens (tertiary/aromatic N) is 2. The van der Waals surface area contributed by atoms with Crippen molar-refractivity contribution in [2.75, 3.05) is 12.4 Å². The number of carbonyl (C=O) groups is 2. The van der Waals surface area contributed by atoms with Crippen LogP contribution in [0.1, 0.15) is 11.1 Å². The van der Waals surface area contributed by atoms with E-state index >= 15 is 0 Å². The molecule has 1 atom stereocenters. The van der Waals surface area contributed by atoms with Crippen molar-refractivity contribution in [1.82, 2.24) is 5.43 Å². The molecule has 0 radical (unpaired) electrons. The van der Waals surface area contributed by atoms with Gasteiger partial charge in [0.25, 0.3) is 11.6 Å². The van der Waals surface area contributed by atoms with Crippen molar-refractivity contribution < 1.29 is 24.4 Å². The number of anilines is 1. The fourth-order valence-corrected chi connectivity index (χ4v) is 2.84. The van der Waals surface area contributed by atoms with E-state index in [0.29, 0.717) is 5.75 Å². The van der Waals surface area contributed by atoms with Crippen molar-refractivity contribution in [2.45, 2.75) is 5.60 Å². The Bertz CT molecular complexity index is 1000. The Labute approximate surface area is 157 Å². The maximum absolute atomic E-state index is 12.6. The molecule has 0 aliphatic carbocycles. The van der Waals surface area contributed by atoms with Crippen LogP contribution in [-0.4, -0.2) is 34.8 Å². The number of nitro groups is 1. The zero-order chi connectivity index (χ0) is 20.5. The summed E-state index contributed by atoms with van der Waals surface area (Å²) in [6, 6.07) is 8.65. The van der Waals surface area contributed by atoms with Crippen LogP contribution in [-0.2, 0) is 10.4 Å². The van der Waals surface area contributed by atoms with Gasteiger partial charge in [-0.2, -0.15) is 5.10 Å². The quantitative estimate of drug-likeness (QED) is 0.337. The van der Waals surface area contributed by atoms with Gasteiger partial charge in [-0.15, -0.1) is 0 Å². The molecule has 28 heavy (non-hydrogen) atoms. The lowest BCUT2D eigenvalue weighted by atomic mass is 9.86. The molecule has 0 unspecified atom stereocenters. The van der Waals surface area contributed by atoms with Gasteiger partial charge < -0.3 is 20.9 Å². The first kappa shape index (κ1) is 18.8. The number of nitro benzene ring substituents is 1. The second kappa shape index (κ2) is 6.96. The molecule has 144 valence electrons. The van der Waals surface area contributed by atoms with Gasteiger partial charge in [0.1, 0.15) is 11.5 Å². The average molecular weight is 385 g/mol. The number of amides is 3. The van der Waals surface area contributed by atoms with Crippen molar-refractivity contribution in [2.24, 2.45) is 10.8 Å². The Morgan fingerprint density at radius 3 is 2.57 bits per heavy atom. The minimum Gasteiger partial charge on any atom is -0.497 e. The average Bonchev–Trinajstić information content (AvgIpc) is 2.92. The number of non-ortho nitro benzene ring substituents is 1. The number of carbonyl (C=O) groups excluding carboxylic acids is 2. The summed E-state index contributed by atoms with van der Waals surface area (Å²) < 4.78 is 5.07. The first-order valence-electron chi connectivity index (χ1n) is 7.88. The van der Waals surface area contributed by atoms with Gasteiger partial charge >= 0.3 is 6.03 Å². The van der Waals surface area contributed by atoms with Gasteiger partial charge in [-0.3, -0.25) is 14.9 Å². The minimum absolute atomic E-state index is 0.0764. The summed E-state index contributed by atoms with van der Waals surface area (Å²) in [5.74, 6) is -0.381. The highest BCUT2D eigenvalue weighted by atomic mass is 16.6. The maximum Gasteiger partial charge on any atom is 0.332 e. The number of hydrazone groups is 1. The number of ether oxygens (including phenoxy) is 1. The lowest BCUT2D eigenvalue weighted by Gasteiger charge is -2.23. The van der Waals surface area contributed by atoms with E-state index in [2.05, 4.69) is 10.4 Å². The summed E-state index contributed by atoms with van der Waals surface area (Å²) in [5.41, 5.74) is 4.39. The highest BCUT2D eigenvalue weighted by Gasteiger charge is 2.51. The lowest BCUT2D eigenvalue weighted by Crippen LogP contribution is -2.44. The molecule has 2 aromatic rings. The predicted molar refractivity (Wildman–Crippen MR) is 97.9 cm³/mol.